The number of imidazole rings is 1. The molecule has 1 heterocycles. The largest absolute Gasteiger partial charge is 0.352 e. The van der Waals surface area contributed by atoms with Crippen molar-refractivity contribution in [1.82, 2.24) is 14.9 Å². The fourth-order valence-electron chi connectivity index (χ4n) is 3.46. The Morgan fingerprint density at radius 2 is 1.93 bits per heavy atom. The molecule has 1 N–H and O–H groups in total. The van der Waals surface area contributed by atoms with Gasteiger partial charge in [-0.15, -0.1) is 0 Å². The molecule has 0 aliphatic rings. The third-order valence-corrected chi connectivity index (χ3v) is 4.82. The Bertz CT molecular complexity index is 898. The highest BCUT2D eigenvalue weighted by atomic mass is 16.1. The van der Waals surface area contributed by atoms with Crippen molar-refractivity contribution in [3.05, 3.63) is 65.5 Å². The van der Waals surface area contributed by atoms with Crippen molar-refractivity contribution in [2.24, 2.45) is 0 Å². The van der Waals surface area contributed by atoms with Gasteiger partial charge in [-0.1, -0.05) is 43.2 Å². The Hall–Kier alpha value is -2.62. The lowest BCUT2D eigenvalue weighted by atomic mass is 10.1. The van der Waals surface area contributed by atoms with Crippen molar-refractivity contribution in [2.75, 3.05) is 6.54 Å². The van der Waals surface area contributed by atoms with E-state index in [9.17, 15) is 4.79 Å². The van der Waals surface area contributed by atoms with Crippen LogP contribution in [-0.4, -0.2) is 22.0 Å². The normalized spacial score (nSPS) is 11.0. The average Bonchev–Trinajstić information content (AvgIpc) is 3.02. The molecule has 3 rings (SSSR count). The van der Waals surface area contributed by atoms with E-state index in [1.54, 1.807) is 0 Å². The van der Waals surface area contributed by atoms with Crippen LogP contribution >= 0.6 is 0 Å². The van der Waals surface area contributed by atoms with Crippen molar-refractivity contribution in [3.63, 3.8) is 0 Å². The van der Waals surface area contributed by atoms with Crippen LogP contribution in [-0.2, 0) is 13.0 Å². The average molecular weight is 364 g/mol. The molecule has 3 aromatic rings. The summed E-state index contributed by atoms with van der Waals surface area (Å²) in [7, 11) is 0. The van der Waals surface area contributed by atoms with Crippen LogP contribution in [0, 0.1) is 6.92 Å². The predicted octanol–water partition coefficient (Wildman–Crippen LogP) is 4.90. The zero-order chi connectivity index (χ0) is 19.1. The first-order chi connectivity index (χ1) is 13.2. The molecule has 142 valence electrons. The first-order valence-corrected chi connectivity index (χ1v) is 9.98. The number of para-hydroxylation sites is 2. The molecule has 0 spiro atoms. The van der Waals surface area contributed by atoms with E-state index >= 15 is 0 Å². The quantitative estimate of drug-likeness (QED) is 0.550. The number of hydrogen-bond acceptors (Lipinski definition) is 2. The first-order valence-electron chi connectivity index (χ1n) is 9.98. The van der Waals surface area contributed by atoms with Crippen molar-refractivity contribution < 1.29 is 4.79 Å². The second-order valence-electron chi connectivity index (χ2n) is 7.10. The van der Waals surface area contributed by atoms with E-state index in [-0.39, 0.29) is 5.91 Å². The van der Waals surface area contributed by atoms with Gasteiger partial charge in [0, 0.05) is 25.1 Å². The Morgan fingerprint density at radius 3 is 2.74 bits per heavy atom. The van der Waals surface area contributed by atoms with E-state index in [0.717, 1.165) is 61.8 Å². The van der Waals surface area contributed by atoms with E-state index in [0.29, 0.717) is 0 Å². The van der Waals surface area contributed by atoms with Gasteiger partial charge in [0.1, 0.15) is 5.82 Å². The SMILES string of the molecule is CCCn1c(CCCCCNC(=O)c2cccc(C)c2)nc2ccccc21. The third-order valence-electron chi connectivity index (χ3n) is 4.82. The highest BCUT2D eigenvalue weighted by molar-refractivity contribution is 5.94. The van der Waals surface area contributed by atoms with E-state index in [4.69, 9.17) is 4.98 Å². The van der Waals surface area contributed by atoms with Gasteiger partial charge in [-0.2, -0.15) is 0 Å². The summed E-state index contributed by atoms with van der Waals surface area (Å²) in [5, 5.41) is 3.02. The molecule has 0 saturated heterocycles. The monoisotopic (exact) mass is 363 g/mol. The molecule has 0 aliphatic carbocycles. The fourth-order valence-corrected chi connectivity index (χ4v) is 3.46. The standard InChI is InChI=1S/C23H29N3O/c1-3-16-26-21-13-7-6-12-20(21)25-22(26)14-5-4-8-15-24-23(27)19-11-9-10-18(2)17-19/h6-7,9-13,17H,3-5,8,14-16H2,1-2H3,(H,24,27). The second kappa shape index (κ2) is 9.36. The summed E-state index contributed by atoms with van der Waals surface area (Å²) in [5.74, 6) is 1.20. The molecular formula is C23H29N3O. The Labute approximate surface area is 161 Å². The summed E-state index contributed by atoms with van der Waals surface area (Å²) in [4.78, 5) is 17.0. The number of carbonyl (C=O) groups excluding carboxylic acids is 1. The minimum Gasteiger partial charge on any atom is -0.352 e. The molecule has 1 amide bonds. The molecule has 0 atom stereocenters. The van der Waals surface area contributed by atoms with Gasteiger partial charge in [-0.25, -0.2) is 4.98 Å². The number of fused-ring (bicyclic) bond motifs is 1. The van der Waals surface area contributed by atoms with Crippen LogP contribution in [0.2, 0.25) is 0 Å². The molecule has 4 nitrogen and oxygen atoms in total. The number of nitrogens with zero attached hydrogens (tertiary/aromatic N) is 2. The number of hydrogen-bond donors (Lipinski definition) is 1. The zero-order valence-corrected chi connectivity index (χ0v) is 16.4. The van der Waals surface area contributed by atoms with Gasteiger partial charge in [-0.05, 0) is 50.5 Å². The highest BCUT2D eigenvalue weighted by Gasteiger charge is 2.09. The minimum absolute atomic E-state index is 0.0171. The van der Waals surface area contributed by atoms with Crippen LogP contribution < -0.4 is 5.32 Å². The number of benzene rings is 2. The lowest BCUT2D eigenvalue weighted by molar-refractivity contribution is 0.0953. The number of aryl methyl sites for hydroxylation is 3. The summed E-state index contributed by atoms with van der Waals surface area (Å²) in [6.07, 6.45) is 5.27. The maximum absolute atomic E-state index is 12.1. The number of unbranched alkanes of at least 4 members (excludes halogenated alkanes) is 2. The van der Waals surface area contributed by atoms with E-state index in [2.05, 4.69) is 35.0 Å². The predicted molar refractivity (Wildman–Crippen MR) is 111 cm³/mol. The molecule has 0 radical (unpaired) electrons. The molecule has 2 aromatic carbocycles. The van der Waals surface area contributed by atoms with Crippen molar-refractivity contribution >= 4 is 16.9 Å². The van der Waals surface area contributed by atoms with Crippen molar-refractivity contribution in [2.45, 2.75) is 52.5 Å². The van der Waals surface area contributed by atoms with Crippen LogP contribution in [0.1, 0.15) is 54.4 Å². The highest BCUT2D eigenvalue weighted by Crippen LogP contribution is 2.18. The first kappa shape index (κ1) is 19.2. The topological polar surface area (TPSA) is 46.9 Å². The summed E-state index contributed by atoms with van der Waals surface area (Å²) in [6.45, 7) is 5.94. The molecule has 27 heavy (non-hydrogen) atoms. The van der Waals surface area contributed by atoms with Gasteiger partial charge in [0.25, 0.3) is 5.91 Å². The Kier molecular flexibility index (Phi) is 6.64. The van der Waals surface area contributed by atoms with Crippen molar-refractivity contribution in [1.29, 1.82) is 0 Å². The van der Waals surface area contributed by atoms with Crippen LogP contribution in [0.4, 0.5) is 0 Å². The molecule has 0 unspecified atom stereocenters. The second-order valence-corrected chi connectivity index (χ2v) is 7.10. The molecule has 0 bridgehead atoms. The van der Waals surface area contributed by atoms with Gasteiger partial charge in [-0.3, -0.25) is 4.79 Å². The minimum atomic E-state index is 0.0171. The number of aromatic nitrogens is 2. The fraction of sp³-hybridized carbons (Fsp3) is 0.391. The Morgan fingerprint density at radius 1 is 1.07 bits per heavy atom. The third kappa shape index (κ3) is 4.97. The van der Waals surface area contributed by atoms with Gasteiger partial charge >= 0.3 is 0 Å². The molecule has 0 saturated carbocycles. The number of rotatable bonds is 9. The van der Waals surface area contributed by atoms with Gasteiger partial charge in [0.15, 0.2) is 0 Å². The summed E-state index contributed by atoms with van der Waals surface area (Å²) < 4.78 is 2.36. The van der Waals surface area contributed by atoms with E-state index in [1.807, 2.05) is 37.3 Å². The van der Waals surface area contributed by atoms with E-state index in [1.165, 1.54) is 11.3 Å². The molecule has 1 aromatic heterocycles. The van der Waals surface area contributed by atoms with Crippen LogP contribution in [0.15, 0.2) is 48.5 Å². The molecule has 4 heteroatoms. The lowest BCUT2D eigenvalue weighted by Crippen LogP contribution is -2.24. The number of carbonyl (C=O) groups is 1. The molecular weight excluding hydrogens is 334 g/mol. The van der Waals surface area contributed by atoms with Crippen LogP contribution in [0.25, 0.3) is 11.0 Å². The number of amides is 1. The van der Waals surface area contributed by atoms with Crippen LogP contribution in [0.5, 0.6) is 0 Å². The molecule has 0 fully saturated rings. The van der Waals surface area contributed by atoms with Gasteiger partial charge < -0.3 is 9.88 Å². The zero-order valence-electron chi connectivity index (χ0n) is 16.4. The summed E-state index contributed by atoms with van der Waals surface area (Å²) >= 11 is 0. The van der Waals surface area contributed by atoms with Crippen LogP contribution in [0.3, 0.4) is 0 Å². The van der Waals surface area contributed by atoms with Crippen molar-refractivity contribution in [3.8, 4) is 0 Å². The summed E-state index contributed by atoms with van der Waals surface area (Å²) in [5.41, 5.74) is 4.17. The lowest BCUT2D eigenvalue weighted by Gasteiger charge is -2.08. The maximum Gasteiger partial charge on any atom is 0.251 e. The van der Waals surface area contributed by atoms with Gasteiger partial charge in [0.05, 0.1) is 11.0 Å². The smallest absolute Gasteiger partial charge is 0.251 e. The Balaban J connectivity index is 1.45. The summed E-state index contributed by atoms with van der Waals surface area (Å²) in [6, 6.07) is 16.1. The maximum atomic E-state index is 12.1. The molecule has 0 aliphatic heterocycles. The van der Waals surface area contributed by atoms with Gasteiger partial charge in [0.2, 0.25) is 0 Å². The number of nitrogens with one attached hydrogen (secondary N) is 1. The van der Waals surface area contributed by atoms with E-state index < -0.39 is 0 Å².